The molecule has 8 nitrogen and oxygen atoms in total. The second-order valence-electron chi connectivity index (χ2n) is 8.67. The van der Waals surface area contributed by atoms with Crippen LogP contribution in [0.4, 0.5) is 0 Å². The zero-order chi connectivity index (χ0) is 20.8. The Bertz CT molecular complexity index is 928. The number of rotatable bonds is 3. The topological polar surface area (TPSA) is 98.8 Å². The molecule has 3 saturated heterocycles. The summed E-state index contributed by atoms with van der Waals surface area (Å²) in [5.41, 5.74) is 1.61. The molecule has 0 aromatic heterocycles. The number of likely N-dealkylation sites (tertiary alicyclic amines) is 1. The number of hydrogen-bond acceptors (Lipinski definition) is 6. The molecular weight excluding hydrogens is 384 g/mol. The van der Waals surface area contributed by atoms with E-state index in [1.807, 2.05) is 12.1 Å². The van der Waals surface area contributed by atoms with Gasteiger partial charge in [-0.05, 0) is 56.8 Å². The van der Waals surface area contributed by atoms with Crippen LogP contribution < -0.4 is 10.6 Å². The van der Waals surface area contributed by atoms with E-state index < -0.39 is 23.8 Å². The van der Waals surface area contributed by atoms with E-state index in [0.717, 1.165) is 42.8 Å². The maximum atomic E-state index is 13.3. The van der Waals surface area contributed by atoms with Crippen LogP contribution >= 0.6 is 0 Å². The van der Waals surface area contributed by atoms with Gasteiger partial charge in [0.05, 0.1) is 11.1 Å². The molecule has 4 aliphatic heterocycles. The first kappa shape index (κ1) is 19.4. The van der Waals surface area contributed by atoms with Crippen LogP contribution in [0.3, 0.4) is 0 Å². The van der Waals surface area contributed by atoms with Crippen molar-refractivity contribution in [1.29, 1.82) is 0 Å². The third kappa shape index (κ3) is 3.15. The summed E-state index contributed by atoms with van der Waals surface area (Å²) in [7, 11) is 0. The van der Waals surface area contributed by atoms with Gasteiger partial charge in [-0.1, -0.05) is 12.1 Å². The molecule has 0 saturated carbocycles. The molecule has 3 atom stereocenters. The van der Waals surface area contributed by atoms with E-state index in [1.54, 1.807) is 6.07 Å². The van der Waals surface area contributed by atoms with Crippen LogP contribution in [-0.4, -0.2) is 64.6 Å². The number of carbonyl (C=O) groups is 4. The summed E-state index contributed by atoms with van der Waals surface area (Å²) in [6.07, 6.45) is 4.87. The Morgan fingerprint density at radius 1 is 1.00 bits per heavy atom. The first-order chi connectivity index (χ1) is 14.5. The van der Waals surface area contributed by atoms with Crippen LogP contribution in [0.1, 0.15) is 64.8 Å². The van der Waals surface area contributed by atoms with Gasteiger partial charge in [-0.3, -0.25) is 34.3 Å². The van der Waals surface area contributed by atoms with E-state index in [1.165, 1.54) is 6.42 Å². The van der Waals surface area contributed by atoms with Crippen LogP contribution in [0.15, 0.2) is 18.2 Å². The van der Waals surface area contributed by atoms with E-state index in [0.29, 0.717) is 29.8 Å². The molecule has 3 unspecified atom stereocenters. The standard InChI is InChI=1S/C22H26N4O4/c27-18-9-8-17(20(28)24-18)26-21(29)14-5-1-4-13(19(14)22(26)30)12-25-11-3-6-15-16(25)7-2-10-23-15/h1,4-5,15-17,23H,2-3,6-12H2,(H,24,27,28). The lowest BCUT2D eigenvalue weighted by Gasteiger charge is -2.44. The van der Waals surface area contributed by atoms with Crippen LogP contribution in [0, 0.1) is 0 Å². The monoisotopic (exact) mass is 410 g/mol. The molecule has 4 heterocycles. The summed E-state index contributed by atoms with van der Waals surface area (Å²) in [5.74, 6) is -1.80. The number of carbonyl (C=O) groups excluding carboxylic acids is 4. The molecule has 1 aromatic carbocycles. The van der Waals surface area contributed by atoms with Crippen LogP contribution in [0.2, 0.25) is 0 Å². The number of nitrogens with zero attached hydrogens (tertiary/aromatic N) is 2. The second kappa shape index (κ2) is 7.59. The minimum Gasteiger partial charge on any atom is -0.312 e. The van der Waals surface area contributed by atoms with Gasteiger partial charge in [-0.2, -0.15) is 0 Å². The molecule has 5 rings (SSSR count). The largest absolute Gasteiger partial charge is 0.312 e. The fourth-order valence-electron chi connectivity index (χ4n) is 5.48. The predicted octanol–water partition coefficient (Wildman–Crippen LogP) is 0.804. The van der Waals surface area contributed by atoms with Gasteiger partial charge in [0.25, 0.3) is 11.8 Å². The number of fused-ring (bicyclic) bond motifs is 2. The highest BCUT2D eigenvalue weighted by molar-refractivity contribution is 6.24. The van der Waals surface area contributed by atoms with Crippen LogP contribution in [-0.2, 0) is 16.1 Å². The number of imide groups is 2. The fourth-order valence-corrected chi connectivity index (χ4v) is 5.48. The number of hydrogen-bond donors (Lipinski definition) is 2. The third-order valence-corrected chi connectivity index (χ3v) is 6.90. The summed E-state index contributed by atoms with van der Waals surface area (Å²) < 4.78 is 0. The molecule has 158 valence electrons. The molecular formula is C22H26N4O4. The molecule has 30 heavy (non-hydrogen) atoms. The van der Waals surface area contributed by atoms with Crippen molar-refractivity contribution in [3.63, 3.8) is 0 Å². The third-order valence-electron chi connectivity index (χ3n) is 6.90. The van der Waals surface area contributed by atoms with E-state index >= 15 is 0 Å². The normalized spacial score (nSPS) is 29.6. The molecule has 4 amide bonds. The maximum absolute atomic E-state index is 13.3. The van der Waals surface area contributed by atoms with Gasteiger partial charge in [0.2, 0.25) is 11.8 Å². The van der Waals surface area contributed by atoms with Gasteiger partial charge < -0.3 is 5.32 Å². The number of benzene rings is 1. The van der Waals surface area contributed by atoms with Gasteiger partial charge in [0.1, 0.15) is 6.04 Å². The molecule has 2 N–H and O–H groups in total. The Morgan fingerprint density at radius 2 is 1.87 bits per heavy atom. The van der Waals surface area contributed by atoms with Crippen molar-refractivity contribution in [2.75, 3.05) is 13.1 Å². The van der Waals surface area contributed by atoms with E-state index in [-0.39, 0.29) is 18.7 Å². The Balaban J connectivity index is 1.42. The Hall–Kier alpha value is -2.58. The Morgan fingerprint density at radius 3 is 2.70 bits per heavy atom. The smallest absolute Gasteiger partial charge is 0.262 e. The van der Waals surface area contributed by atoms with Gasteiger partial charge in [0, 0.05) is 25.0 Å². The Labute approximate surface area is 175 Å². The van der Waals surface area contributed by atoms with E-state index in [4.69, 9.17) is 0 Å². The van der Waals surface area contributed by atoms with Crippen molar-refractivity contribution in [2.24, 2.45) is 0 Å². The highest BCUT2D eigenvalue weighted by Gasteiger charge is 2.45. The van der Waals surface area contributed by atoms with Crippen LogP contribution in [0.5, 0.6) is 0 Å². The molecule has 0 bridgehead atoms. The molecule has 1 aromatic rings. The van der Waals surface area contributed by atoms with Gasteiger partial charge >= 0.3 is 0 Å². The average molecular weight is 410 g/mol. The summed E-state index contributed by atoms with van der Waals surface area (Å²) in [6.45, 7) is 2.66. The number of nitrogens with one attached hydrogen (secondary N) is 2. The minimum atomic E-state index is -0.926. The van der Waals surface area contributed by atoms with Crippen molar-refractivity contribution in [1.82, 2.24) is 20.4 Å². The van der Waals surface area contributed by atoms with E-state index in [2.05, 4.69) is 15.5 Å². The zero-order valence-corrected chi connectivity index (χ0v) is 16.9. The minimum absolute atomic E-state index is 0.126. The summed E-state index contributed by atoms with van der Waals surface area (Å²) in [4.78, 5) is 53.6. The number of piperidine rings is 3. The van der Waals surface area contributed by atoms with Crippen molar-refractivity contribution in [2.45, 2.75) is 63.2 Å². The van der Waals surface area contributed by atoms with Gasteiger partial charge in [-0.15, -0.1) is 0 Å². The van der Waals surface area contributed by atoms with Gasteiger partial charge in [0.15, 0.2) is 0 Å². The van der Waals surface area contributed by atoms with Gasteiger partial charge in [-0.25, -0.2) is 0 Å². The first-order valence-corrected chi connectivity index (χ1v) is 10.9. The maximum Gasteiger partial charge on any atom is 0.262 e. The molecule has 3 fully saturated rings. The zero-order valence-electron chi connectivity index (χ0n) is 16.9. The SMILES string of the molecule is O=C1CCC(N2C(=O)c3cccc(CN4CCCC5NCCCC54)c3C2=O)C(=O)N1. The molecule has 8 heteroatoms. The van der Waals surface area contributed by atoms with Crippen molar-refractivity contribution in [3.05, 3.63) is 34.9 Å². The quantitative estimate of drug-likeness (QED) is 0.716. The molecule has 0 aliphatic carbocycles. The lowest BCUT2D eigenvalue weighted by atomic mass is 9.88. The molecule has 0 spiro atoms. The lowest BCUT2D eigenvalue weighted by Crippen LogP contribution is -2.56. The predicted molar refractivity (Wildman–Crippen MR) is 108 cm³/mol. The van der Waals surface area contributed by atoms with Crippen molar-refractivity contribution in [3.8, 4) is 0 Å². The van der Waals surface area contributed by atoms with E-state index in [9.17, 15) is 19.2 Å². The highest BCUT2D eigenvalue weighted by Crippen LogP contribution is 2.32. The molecule has 0 radical (unpaired) electrons. The van der Waals surface area contributed by atoms with Crippen molar-refractivity contribution < 1.29 is 19.2 Å². The molecule has 4 aliphatic rings. The highest BCUT2D eigenvalue weighted by atomic mass is 16.2. The number of amides is 4. The second-order valence-corrected chi connectivity index (χ2v) is 8.67. The lowest BCUT2D eigenvalue weighted by molar-refractivity contribution is -0.136. The summed E-state index contributed by atoms with van der Waals surface area (Å²) >= 11 is 0. The van der Waals surface area contributed by atoms with Crippen LogP contribution in [0.25, 0.3) is 0 Å². The van der Waals surface area contributed by atoms with Crippen molar-refractivity contribution >= 4 is 23.6 Å². The fraction of sp³-hybridized carbons (Fsp3) is 0.545. The average Bonchev–Trinajstić information content (AvgIpc) is 3.00. The Kier molecular flexibility index (Phi) is 4.91. The summed E-state index contributed by atoms with van der Waals surface area (Å²) in [6, 6.07) is 5.39. The first-order valence-electron chi connectivity index (χ1n) is 10.9. The summed E-state index contributed by atoms with van der Waals surface area (Å²) in [5, 5.41) is 5.87.